The van der Waals surface area contributed by atoms with E-state index in [0.29, 0.717) is 25.3 Å². The fourth-order valence-corrected chi connectivity index (χ4v) is 3.05. The maximum atomic E-state index is 12.2. The van der Waals surface area contributed by atoms with E-state index in [9.17, 15) is 9.59 Å². The number of urea groups is 1. The largest absolute Gasteiger partial charge is 0.385 e. The monoisotopic (exact) mass is 333 g/mol. The molecular weight excluding hydrogens is 306 g/mol. The van der Waals surface area contributed by atoms with Crippen LogP contribution in [0.4, 0.5) is 4.79 Å². The van der Waals surface area contributed by atoms with E-state index in [1.54, 1.807) is 14.2 Å². The standard InChI is InChI=1S/C18H27N3O3/c1-19-18(23)21-10-4-8-16(13-21)14-6-3-7-15(12-14)17(22)20-9-5-11-24-2/h3,6-7,12,16H,4-5,8-11,13H2,1-2H3,(H,19,23)(H,20,22). The van der Waals surface area contributed by atoms with Crippen LogP contribution in [0.25, 0.3) is 0 Å². The third-order valence-corrected chi connectivity index (χ3v) is 4.35. The fourth-order valence-electron chi connectivity index (χ4n) is 3.05. The molecule has 1 aliphatic heterocycles. The number of benzene rings is 1. The van der Waals surface area contributed by atoms with Gasteiger partial charge < -0.3 is 20.3 Å². The van der Waals surface area contributed by atoms with E-state index in [0.717, 1.165) is 31.4 Å². The molecule has 0 aliphatic carbocycles. The molecule has 2 rings (SSSR count). The Kier molecular flexibility index (Phi) is 7.06. The predicted molar refractivity (Wildman–Crippen MR) is 93.3 cm³/mol. The number of nitrogens with zero attached hydrogens (tertiary/aromatic N) is 1. The predicted octanol–water partition coefficient (Wildman–Crippen LogP) is 1.97. The lowest BCUT2D eigenvalue weighted by atomic mass is 9.89. The Balaban J connectivity index is 1.98. The van der Waals surface area contributed by atoms with Crippen molar-refractivity contribution in [3.63, 3.8) is 0 Å². The highest BCUT2D eigenvalue weighted by atomic mass is 16.5. The number of nitrogens with one attached hydrogen (secondary N) is 2. The first-order chi connectivity index (χ1) is 11.7. The minimum absolute atomic E-state index is 0.0354. The van der Waals surface area contributed by atoms with Crippen LogP contribution in [0.1, 0.15) is 41.1 Å². The van der Waals surface area contributed by atoms with Gasteiger partial charge in [0.05, 0.1) is 0 Å². The maximum Gasteiger partial charge on any atom is 0.317 e. The molecular formula is C18H27N3O3. The summed E-state index contributed by atoms with van der Waals surface area (Å²) >= 11 is 0. The van der Waals surface area contributed by atoms with Crippen LogP contribution in [0.3, 0.4) is 0 Å². The van der Waals surface area contributed by atoms with Crippen LogP contribution in [0.2, 0.25) is 0 Å². The summed E-state index contributed by atoms with van der Waals surface area (Å²) in [7, 11) is 3.30. The topological polar surface area (TPSA) is 70.7 Å². The van der Waals surface area contributed by atoms with Crippen molar-refractivity contribution in [3.8, 4) is 0 Å². The molecule has 0 spiro atoms. The lowest BCUT2D eigenvalue weighted by Gasteiger charge is -2.32. The van der Waals surface area contributed by atoms with E-state index >= 15 is 0 Å². The SMILES string of the molecule is CNC(=O)N1CCCC(c2cccc(C(=O)NCCCOC)c2)C1. The molecule has 1 saturated heterocycles. The second kappa shape index (κ2) is 9.27. The normalized spacial score (nSPS) is 17.4. The molecule has 1 fully saturated rings. The first-order valence-electron chi connectivity index (χ1n) is 8.49. The Labute approximate surface area is 143 Å². The lowest BCUT2D eigenvalue weighted by molar-refractivity contribution is 0.0948. The molecule has 24 heavy (non-hydrogen) atoms. The number of methoxy groups -OCH3 is 1. The highest BCUT2D eigenvalue weighted by Gasteiger charge is 2.24. The smallest absolute Gasteiger partial charge is 0.317 e. The summed E-state index contributed by atoms with van der Waals surface area (Å²) < 4.78 is 4.98. The van der Waals surface area contributed by atoms with Gasteiger partial charge in [0.15, 0.2) is 0 Å². The van der Waals surface area contributed by atoms with Crippen molar-refractivity contribution in [2.75, 3.05) is 40.4 Å². The van der Waals surface area contributed by atoms with Gasteiger partial charge >= 0.3 is 6.03 Å². The molecule has 6 nitrogen and oxygen atoms in total. The Morgan fingerprint density at radius 1 is 1.38 bits per heavy atom. The number of carbonyl (C=O) groups is 2. The summed E-state index contributed by atoms with van der Waals surface area (Å²) in [6.45, 7) is 2.72. The highest BCUT2D eigenvalue weighted by molar-refractivity contribution is 5.94. The number of hydrogen-bond acceptors (Lipinski definition) is 3. The van der Waals surface area contributed by atoms with Crippen LogP contribution in [0, 0.1) is 0 Å². The van der Waals surface area contributed by atoms with Gasteiger partial charge in [-0.15, -0.1) is 0 Å². The maximum absolute atomic E-state index is 12.2. The van der Waals surface area contributed by atoms with Crippen molar-refractivity contribution < 1.29 is 14.3 Å². The Morgan fingerprint density at radius 3 is 2.96 bits per heavy atom. The van der Waals surface area contributed by atoms with Gasteiger partial charge in [0, 0.05) is 51.9 Å². The van der Waals surface area contributed by atoms with E-state index in [1.807, 2.05) is 29.2 Å². The number of likely N-dealkylation sites (tertiary alicyclic amines) is 1. The van der Waals surface area contributed by atoms with Gasteiger partial charge in [0.2, 0.25) is 0 Å². The van der Waals surface area contributed by atoms with Crippen LogP contribution >= 0.6 is 0 Å². The number of piperidine rings is 1. The zero-order valence-electron chi connectivity index (χ0n) is 14.5. The first-order valence-corrected chi connectivity index (χ1v) is 8.49. The number of amides is 3. The summed E-state index contributed by atoms with van der Waals surface area (Å²) in [5.41, 5.74) is 1.79. The molecule has 1 aromatic rings. The summed E-state index contributed by atoms with van der Waals surface area (Å²) in [6.07, 6.45) is 2.81. The second-order valence-corrected chi connectivity index (χ2v) is 6.07. The Morgan fingerprint density at radius 2 is 2.21 bits per heavy atom. The highest BCUT2D eigenvalue weighted by Crippen LogP contribution is 2.27. The Hall–Kier alpha value is -2.08. The van der Waals surface area contributed by atoms with Crippen LogP contribution in [0.5, 0.6) is 0 Å². The average Bonchev–Trinajstić information content (AvgIpc) is 2.64. The van der Waals surface area contributed by atoms with Gasteiger partial charge in [0.25, 0.3) is 5.91 Å². The first kappa shape index (κ1) is 18.3. The van der Waals surface area contributed by atoms with E-state index in [2.05, 4.69) is 10.6 Å². The van der Waals surface area contributed by atoms with Crippen LogP contribution < -0.4 is 10.6 Å². The van der Waals surface area contributed by atoms with Crippen LogP contribution in [0.15, 0.2) is 24.3 Å². The molecule has 1 unspecified atom stereocenters. The molecule has 1 aliphatic rings. The molecule has 0 bridgehead atoms. The van der Waals surface area contributed by atoms with Gasteiger partial charge in [-0.3, -0.25) is 4.79 Å². The van der Waals surface area contributed by atoms with Gasteiger partial charge in [-0.25, -0.2) is 4.79 Å². The fraction of sp³-hybridized carbons (Fsp3) is 0.556. The molecule has 0 radical (unpaired) electrons. The van der Waals surface area contributed by atoms with Gasteiger partial charge in [-0.05, 0) is 37.0 Å². The molecule has 2 N–H and O–H groups in total. The van der Waals surface area contributed by atoms with Crippen molar-refractivity contribution in [3.05, 3.63) is 35.4 Å². The second-order valence-electron chi connectivity index (χ2n) is 6.07. The van der Waals surface area contributed by atoms with E-state index in [1.165, 1.54) is 0 Å². The Bertz CT molecular complexity index is 562. The molecule has 1 aromatic carbocycles. The summed E-state index contributed by atoms with van der Waals surface area (Å²) in [6, 6.07) is 7.70. The van der Waals surface area contributed by atoms with Crippen molar-refractivity contribution >= 4 is 11.9 Å². The van der Waals surface area contributed by atoms with Gasteiger partial charge in [-0.1, -0.05) is 12.1 Å². The average molecular weight is 333 g/mol. The lowest BCUT2D eigenvalue weighted by Crippen LogP contribution is -2.43. The van der Waals surface area contributed by atoms with E-state index in [4.69, 9.17) is 4.74 Å². The number of ether oxygens (including phenoxy) is 1. The summed E-state index contributed by atoms with van der Waals surface area (Å²) in [5.74, 6) is 0.212. The number of rotatable bonds is 6. The van der Waals surface area contributed by atoms with E-state index in [-0.39, 0.29) is 17.9 Å². The van der Waals surface area contributed by atoms with Gasteiger partial charge in [-0.2, -0.15) is 0 Å². The van der Waals surface area contributed by atoms with E-state index < -0.39 is 0 Å². The molecule has 1 heterocycles. The minimum Gasteiger partial charge on any atom is -0.385 e. The van der Waals surface area contributed by atoms with Crippen molar-refractivity contribution in [2.24, 2.45) is 0 Å². The quantitative estimate of drug-likeness (QED) is 0.782. The van der Waals surface area contributed by atoms with Crippen molar-refractivity contribution in [1.29, 1.82) is 0 Å². The van der Waals surface area contributed by atoms with Crippen molar-refractivity contribution in [2.45, 2.75) is 25.2 Å². The molecule has 0 aromatic heterocycles. The molecule has 6 heteroatoms. The van der Waals surface area contributed by atoms with Gasteiger partial charge in [0.1, 0.15) is 0 Å². The summed E-state index contributed by atoms with van der Waals surface area (Å²) in [4.78, 5) is 25.9. The minimum atomic E-state index is -0.0630. The molecule has 132 valence electrons. The third-order valence-electron chi connectivity index (χ3n) is 4.35. The molecule has 0 saturated carbocycles. The molecule has 3 amide bonds. The number of carbonyl (C=O) groups excluding carboxylic acids is 2. The van der Waals surface area contributed by atoms with Crippen molar-refractivity contribution in [1.82, 2.24) is 15.5 Å². The van der Waals surface area contributed by atoms with Crippen LogP contribution in [-0.2, 0) is 4.74 Å². The zero-order chi connectivity index (χ0) is 17.4. The summed E-state index contributed by atoms with van der Waals surface area (Å²) in [5, 5.41) is 5.59. The third kappa shape index (κ3) is 4.96. The number of hydrogen-bond donors (Lipinski definition) is 2. The molecule has 1 atom stereocenters. The zero-order valence-corrected chi connectivity index (χ0v) is 14.5. The van der Waals surface area contributed by atoms with Crippen LogP contribution in [-0.4, -0.2) is 57.2 Å².